The van der Waals surface area contributed by atoms with Crippen LogP contribution in [0.2, 0.25) is 5.02 Å². The molecule has 30 heavy (non-hydrogen) atoms. The molecule has 1 saturated carbocycles. The summed E-state index contributed by atoms with van der Waals surface area (Å²) in [6, 6.07) is 17.4. The Morgan fingerprint density at radius 3 is 2.30 bits per heavy atom. The van der Waals surface area contributed by atoms with Crippen LogP contribution in [0.15, 0.2) is 48.5 Å². The number of carbonyl (C=O) groups excluding carboxylic acids is 1. The van der Waals surface area contributed by atoms with E-state index in [9.17, 15) is 4.79 Å². The Morgan fingerprint density at radius 1 is 0.967 bits per heavy atom. The van der Waals surface area contributed by atoms with Gasteiger partial charge >= 0.3 is 6.03 Å². The number of hydrogen-bond acceptors (Lipinski definition) is 2. The molecule has 2 amide bonds. The first-order chi connectivity index (χ1) is 14.6. The number of urea groups is 1. The van der Waals surface area contributed by atoms with E-state index in [1.807, 2.05) is 17.0 Å². The van der Waals surface area contributed by atoms with E-state index in [4.69, 9.17) is 11.6 Å². The number of rotatable bonds is 4. The molecule has 2 fully saturated rings. The molecule has 1 saturated heterocycles. The van der Waals surface area contributed by atoms with Crippen LogP contribution in [0.4, 0.5) is 4.79 Å². The maximum atomic E-state index is 12.8. The van der Waals surface area contributed by atoms with Gasteiger partial charge in [0.1, 0.15) is 0 Å². The molecule has 4 rings (SSSR count). The van der Waals surface area contributed by atoms with Crippen LogP contribution in [0, 0.1) is 6.92 Å². The summed E-state index contributed by atoms with van der Waals surface area (Å²) in [5, 5.41) is 4.02. The van der Waals surface area contributed by atoms with Crippen molar-refractivity contribution in [2.24, 2.45) is 0 Å². The van der Waals surface area contributed by atoms with Crippen LogP contribution in [0.5, 0.6) is 0 Å². The molecule has 1 aliphatic carbocycles. The van der Waals surface area contributed by atoms with Crippen molar-refractivity contribution in [2.75, 3.05) is 26.2 Å². The maximum absolute atomic E-state index is 12.8. The third kappa shape index (κ3) is 4.98. The van der Waals surface area contributed by atoms with E-state index in [0.717, 1.165) is 44.0 Å². The molecule has 1 aliphatic heterocycles. The predicted molar refractivity (Wildman–Crippen MR) is 123 cm³/mol. The second-order valence-electron chi connectivity index (χ2n) is 8.62. The molecular formula is C25H32ClN3O. The standard InChI is InChI=1S/C25H32ClN3O/c1-19-7-5-6-10-23(19)24(20-11-13-21(26)14-12-20)28-15-17-29(18-16-28)25(30)27-22-8-3-2-4-9-22/h5-7,10-14,22,24H,2-4,8-9,15-18H2,1H3,(H,27,30). The molecule has 1 heterocycles. The minimum absolute atomic E-state index is 0.112. The van der Waals surface area contributed by atoms with Crippen LogP contribution >= 0.6 is 11.6 Å². The van der Waals surface area contributed by atoms with E-state index < -0.39 is 0 Å². The lowest BCUT2D eigenvalue weighted by Gasteiger charge is -2.40. The molecule has 2 aromatic carbocycles. The quantitative estimate of drug-likeness (QED) is 0.712. The molecule has 1 atom stereocenters. The van der Waals surface area contributed by atoms with Gasteiger partial charge in [-0.3, -0.25) is 4.90 Å². The van der Waals surface area contributed by atoms with Crippen molar-refractivity contribution >= 4 is 17.6 Å². The highest BCUT2D eigenvalue weighted by Crippen LogP contribution is 2.32. The maximum Gasteiger partial charge on any atom is 0.317 e. The van der Waals surface area contributed by atoms with Crippen molar-refractivity contribution in [1.29, 1.82) is 0 Å². The van der Waals surface area contributed by atoms with Crippen molar-refractivity contribution in [3.8, 4) is 0 Å². The molecule has 5 heteroatoms. The number of benzene rings is 2. The smallest absolute Gasteiger partial charge is 0.317 e. The normalized spacial score (nSPS) is 19.5. The van der Waals surface area contributed by atoms with E-state index in [1.54, 1.807) is 0 Å². The van der Waals surface area contributed by atoms with Gasteiger partial charge in [-0.2, -0.15) is 0 Å². The minimum Gasteiger partial charge on any atom is -0.335 e. The Balaban J connectivity index is 1.46. The summed E-state index contributed by atoms with van der Waals surface area (Å²) in [5.41, 5.74) is 3.85. The van der Waals surface area contributed by atoms with Gasteiger partial charge in [-0.1, -0.05) is 67.3 Å². The zero-order valence-electron chi connectivity index (χ0n) is 17.8. The van der Waals surface area contributed by atoms with Gasteiger partial charge in [0.05, 0.1) is 6.04 Å². The number of carbonyl (C=O) groups is 1. The summed E-state index contributed by atoms with van der Waals surface area (Å²) >= 11 is 6.15. The Kier molecular flexibility index (Phi) is 6.96. The second kappa shape index (κ2) is 9.84. The molecule has 0 bridgehead atoms. The molecular weight excluding hydrogens is 394 g/mol. The number of aryl methyl sites for hydroxylation is 1. The highest BCUT2D eigenvalue weighted by Gasteiger charge is 2.29. The lowest BCUT2D eigenvalue weighted by molar-refractivity contribution is 0.117. The van der Waals surface area contributed by atoms with Gasteiger partial charge in [-0.05, 0) is 48.6 Å². The van der Waals surface area contributed by atoms with Crippen LogP contribution in [0.3, 0.4) is 0 Å². The first-order valence-corrected chi connectivity index (χ1v) is 11.6. The summed E-state index contributed by atoms with van der Waals surface area (Å²) in [7, 11) is 0. The number of hydrogen-bond donors (Lipinski definition) is 1. The van der Waals surface area contributed by atoms with E-state index in [0.29, 0.717) is 6.04 Å². The zero-order valence-corrected chi connectivity index (χ0v) is 18.6. The number of nitrogens with one attached hydrogen (secondary N) is 1. The van der Waals surface area contributed by atoms with Gasteiger partial charge in [-0.25, -0.2) is 4.79 Å². The summed E-state index contributed by atoms with van der Waals surface area (Å²) in [4.78, 5) is 17.2. The monoisotopic (exact) mass is 425 g/mol. The van der Waals surface area contributed by atoms with Gasteiger partial charge < -0.3 is 10.2 Å². The highest BCUT2D eigenvalue weighted by atomic mass is 35.5. The van der Waals surface area contributed by atoms with Crippen LogP contribution < -0.4 is 5.32 Å². The van der Waals surface area contributed by atoms with E-state index in [-0.39, 0.29) is 12.1 Å². The number of amides is 2. The average molecular weight is 426 g/mol. The Bertz CT molecular complexity index is 840. The first kappa shape index (κ1) is 21.2. The largest absolute Gasteiger partial charge is 0.335 e. The van der Waals surface area contributed by atoms with Crippen molar-refractivity contribution in [1.82, 2.24) is 15.1 Å². The SMILES string of the molecule is Cc1ccccc1C(c1ccc(Cl)cc1)N1CCN(C(=O)NC2CCCCC2)CC1. The molecule has 0 aromatic heterocycles. The summed E-state index contributed by atoms with van der Waals surface area (Å²) in [6.07, 6.45) is 6.02. The minimum atomic E-state index is 0.112. The van der Waals surface area contributed by atoms with Gasteiger partial charge in [0.15, 0.2) is 0 Å². The second-order valence-corrected chi connectivity index (χ2v) is 9.05. The number of piperazine rings is 1. The molecule has 4 nitrogen and oxygen atoms in total. The van der Waals surface area contributed by atoms with Crippen molar-refractivity contribution in [3.05, 3.63) is 70.2 Å². The molecule has 160 valence electrons. The van der Waals surface area contributed by atoms with Crippen molar-refractivity contribution in [2.45, 2.75) is 51.1 Å². The Labute approximate surface area is 185 Å². The highest BCUT2D eigenvalue weighted by molar-refractivity contribution is 6.30. The van der Waals surface area contributed by atoms with Crippen LogP contribution in [-0.4, -0.2) is 48.1 Å². The third-order valence-corrected chi connectivity index (χ3v) is 6.82. The lowest BCUT2D eigenvalue weighted by Crippen LogP contribution is -2.54. The summed E-state index contributed by atoms with van der Waals surface area (Å²) < 4.78 is 0. The predicted octanol–water partition coefficient (Wildman–Crippen LogP) is 5.40. The topological polar surface area (TPSA) is 35.6 Å². The zero-order chi connectivity index (χ0) is 20.9. The first-order valence-electron chi connectivity index (χ1n) is 11.2. The van der Waals surface area contributed by atoms with Crippen molar-refractivity contribution < 1.29 is 4.79 Å². The number of nitrogens with zero attached hydrogens (tertiary/aromatic N) is 2. The van der Waals surface area contributed by atoms with Crippen LogP contribution in [0.1, 0.15) is 54.8 Å². The fraction of sp³-hybridized carbons (Fsp3) is 0.480. The van der Waals surface area contributed by atoms with Gasteiger partial charge in [0, 0.05) is 37.2 Å². The summed E-state index contributed by atoms with van der Waals surface area (Å²) in [6.45, 7) is 5.41. The third-order valence-electron chi connectivity index (χ3n) is 6.57. The van der Waals surface area contributed by atoms with Crippen molar-refractivity contribution in [3.63, 3.8) is 0 Å². The van der Waals surface area contributed by atoms with Crippen LogP contribution in [-0.2, 0) is 0 Å². The fourth-order valence-electron chi connectivity index (χ4n) is 4.82. The Morgan fingerprint density at radius 2 is 1.63 bits per heavy atom. The fourth-order valence-corrected chi connectivity index (χ4v) is 4.95. The summed E-state index contributed by atoms with van der Waals surface area (Å²) in [5.74, 6) is 0. The molecule has 2 aromatic rings. The van der Waals surface area contributed by atoms with Gasteiger partial charge in [0.2, 0.25) is 0 Å². The lowest BCUT2D eigenvalue weighted by atomic mass is 9.93. The number of halogens is 1. The Hall–Kier alpha value is -2.04. The molecule has 2 aliphatic rings. The molecule has 1 unspecified atom stereocenters. The van der Waals surface area contributed by atoms with E-state index >= 15 is 0 Å². The molecule has 1 N–H and O–H groups in total. The van der Waals surface area contributed by atoms with Crippen LogP contribution in [0.25, 0.3) is 0 Å². The van der Waals surface area contributed by atoms with E-state index in [2.05, 4.69) is 53.5 Å². The van der Waals surface area contributed by atoms with Gasteiger partial charge in [-0.15, -0.1) is 0 Å². The molecule has 0 radical (unpaired) electrons. The van der Waals surface area contributed by atoms with E-state index in [1.165, 1.54) is 36.0 Å². The molecule has 0 spiro atoms. The average Bonchev–Trinajstić information content (AvgIpc) is 2.78. The van der Waals surface area contributed by atoms with Gasteiger partial charge in [0.25, 0.3) is 0 Å².